The van der Waals surface area contributed by atoms with Crippen LogP contribution in [0.25, 0.3) is 33.8 Å². The maximum absolute atomic E-state index is 13.8. The first-order valence-electron chi connectivity index (χ1n) is 15.6. The predicted octanol–water partition coefficient (Wildman–Crippen LogP) is 6.13. The van der Waals surface area contributed by atoms with Gasteiger partial charge in [0.1, 0.15) is 0 Å². The van der Waals surface area contributed by atoms with Gasteiger partial charge in [-0.15, -0.1) is 0 Å². The number of carbonyl (C=O) groups is 2. The Balaban J connectivity index is 0.967. The second-order valence-electron chi connectivity index (χ2n) is 11.7. The molecule has 226 valence electrons. The van der Waals surface area contributed by atoms with Crippen LogP contribution in [0.1, 0.15) is 33.6 Å². The Morgan fingerprint density at radius 1 is 0.622 bits per heavy atom. The van der Waals surface area contributed by atoms with E-state index < -0.39 is 0 Å². The van der Waals surface area contributed by atoms with E-state index in [9.17, 15) is 9.59 Å². The molecule has 0 spiro atoms. The number of rotatable bonds is 6. The van der Waals surface area contributed by atoms with Crippen molar-refractivity contribution in [3.8, 4) is 33.8 Å². The number of hydrogen-bond donors (Lipinski definition) is 0. The van der Waals surface area contributed by atoms with E-state index in [0.717, 1.165) is 67.1 Å². The molecule has 8 nitrogen and oxygen atoms in total. The molecule has 0 atom stereocenters. The van der Waals surface area contributed by atoms with Crippen LogP contribution in [-0.2, 0) is 0 Å². The van der Waals surface area contributed by atoms with Crippen LogP contribution in [0.15, 0.2) is 114 Å². The van der Waals surface area contributed by atoms with Gasteiger partial charge in [-0.1, -0.05) is 72.8 Å². The van der Waals surface area contributed by atoms with Crippen LogP contribution in [-0.4, -0.2) is 81.8 Å². The zero-order valence-electron chi connectivity index (χ0n) is 25.1. The second kappa shape index (κ2) is 12.9. The molecule has 2 saturated heterocycles. The summed E-state index contributed by atoms with van der Waals surface area (Å²) in [7, 11) is 0. The minimum absolute atomic E-state index is 0.0427. The molecule has 3 aromatic carbocycles. The summed E-state index contributed by atoms with van der Waals surface area (Å²) in [6.07, 6.45) is 4.93. The molecule has 0 radical (unpaired) electrons. The van der Waals surface area contributed by atoms with Crippen LogP contribution in [0.4, 0.5) is 0 Å². The van der Waals surface area contributed by atoms with E-state index in [4.69, 9.17) is 9.40 Å². The highest BCUT2D eigenvalue weighted by atomic mass is 16.3. The molecule has 0 N–H and O–H groups in total. The lowest BCUT2D eigenvalue weighted by Crippen LogP contribution is -2.54. The Labute approximate surface area is 262 Å². The highest BCUT2D eigenvalue weighted by Crippen LogP contribution is 2.27. The van der Waals surface area contributed by atoms with Crippen molar-refractivity contribution in [3.05, 3.63) is 121 Å². The normalized spacial score (nSPS) is 16.1. The number of nitrogens with zero attached hydrogens (tertiary/aromatic N) is 5. The van der Waals surface area contributed by atoms with E-state index in [1.807, 2.05) is 107 Å². The van der Waals surface area contributed by atoms with Crippen LogP contribution in [0.3, 0.4) is 0 Å². The van der Waals surface area contributed by atoms with Crippen molar-refractivity contribution in [3.63, 3.8) is 0 Å². The van der Waals surface area contributed by atoms with Crippen molar-refractivity contribution in [1.29, 1.82) is 0 Å². The van der Waals surface area contributed by atoms with Crippen LogP contribution in [0.2, 0.25) is 0 Å². The largest absolute Gasteiger partial charge is 0.444 e. The summed E-state index contributed by atoms with van der Waals surface area (Å²) in [6, 6.07) is 31.8. The number of likely N-dealkylation sites (tertiary alicyclic amines) is 1. The Hall–Kier alpha value is -5.08. The lowest BCUT2D eigenvalue weighted by molar-refractivity contribution is 0.0412. The first-order valence-corrected chi connectivity index (χ1v) is 15.6. The van der Waals surface area contributed by atoms with E-state index in [2.05, 4.69) is 9.88 Å². The van der Waals surface area contributed by atoms with Gasteiger partial charge in [-0.25, -0.2) is 9.97 Å². The van der Waals surface area contributed by atoms with Gasteiger partial charge in [-0.3, -0.25) is 14.5 Å². The highest BCUT2D eigenvalue weighted by Gasteiger charge is 2.31. The number of hydrogen-bond acceptors (Lipinski definition) is 6. The monoisotopic (exact) mass is 597 g/mol. The Kier molecular flexibility index (Phi) is 8.21. The number of pyridine rings is 1. The number of piperazine rings is 1. The van der Waals surface area contributed by atoms with Gasteiger partial charge in [-0.2, -0.15) is 0 Å². The fraction of sp³-hybridized carbons (Fsp3) is 0.243. The molecular formula is C37H35N5O3. The minimum Gasteiger partial charge on any atom is -0.444 e. The Morgan fingerprint density at radius 3 is 1.73 bits per heavy atom. The molecule has 0 unspecified atom stereocenters. The van der Waals surface area contributed by atoms with E-state index >= 15 is 0 Å². The SMILES string of the molecule is O=C(c1ccc(-c2cnco2)cc1)N1CCC(N2CCN(C(=O)c3cc(-c4ccccc4)nc(-c4ccccc4)c3)CC2)CC1. The number of aromatic nitrogens is 2. The van der Waals surface area contributed by atoms with Crippen molar-refractivity contribution in [2.24, 2.45) is 0 Å². The highest BCUT2D eigenvalue weighted by molar-refractivity contribution is 5.96. The van der Waals surface area contributed by atoms with Gasteiger partial charge in [0.15, 0.2) is 12.2 Å². The number of oxazole rings is 1. The second-order valence-corrected chi connectivity index (χ2v) is 11.7. The van der Waals surface area contributed by atoms with Crippen LogP contribution < -0.4 is 0 Å². The summed E-state index contributed by atoms with van der Waals surface area (Å²) < 4.78 is 5.36. The summed E-state index contributed by atoms with van der Waals surface area (Å²) in [5.41, 5.74) is 5.82. The van der Waals surface area contributed by atoms with E-state index in [0.29, 0.717) is 36.0 Å². The van der Waals surface area contributed by atoms with Crippen molar-refractivity contribution >= 4 is 11.8 Å². The van der Waals surface area contributed by atoms with Gasteiger partial charge >= 0.3 is 0 Å². The zero-order valence-corrected chi connectivity index (χ0v) is 25.1. The molecule has 2 aliphatic heterocycles. The van der Waals surface area contributed by atoms with Gasteiger partial charge < -0.3 is 14.2 Å². The predicted molar refractivity (Wildman–Crippen MR) is 173 cm³/mol. The molecule has 2 aliphatic rings. The van der Waals surface area contributed by atoms with Crippen molar-refractivity contribution < 1.29 is 14.0 Å². The molecular weight excluding hydrogens is 562 g/mol. The maximum atomic E-state index is 13.8. The summed E-state index contributed by atoms with van der Waals surface area (Å²) in [4.78, 5) is 42.3. The molecule has 45 heavy (non-hydrogen) atoms. The lowest BCUT2D eigenvalue weighted by Gasteiger charge is -2.42. The maximum Gasteiger partial charge on any atom is 0.254 e. The van der Waals surface area contributed by atoms with Crippen molar-refractivity contribution in [2.45, 2.75) is 18.9 Å². The first-order chi connectivity index (χ1) is 22.1. The molecule has 0 bridgehead atoms. The number of benzene rings is 3. The minimum atomic E-state index is 0.0427. The van der Waals surface area contributed by atoms with Crippen molar-refractivity contribution in [2.75, 3.05) is 39.3 Å². The quantitative estimate of drug-likeness (QED) is 0.234. The molecule has 0 aliphatic carbocycles. The van der Waals surface area contributed by atoms with Gasteiger partial charge in [0.25, 0.3) is 11.8 Å². The standard InChI is InChI=1S/C37H35N5O3/c43-36(30-13-11-29(12-14-30)35-25-38-26-45-35)41-17-15-32(16-18-41)40-19-21-42(22-20-40)37(44)31-23-33(27-7-3-1-4-8-27)39-34(24-31)28-9-5-2-6-10-28/h1-14,23-26,32H,15-22H2. The lowest BCUT2D eigenvalue weighted by atomic mass is 10.0. The van der Waals surface area contributed by atoms with E-state index in [-0.39, 0.29) is 11.8 Å². The van der Waals surface area contributed by atoms with E-state index in [1.165, 1.54) is 6.39 Å². The fourth-order valence-electron chi connectivity index (χ4n) is 6.39. The smallest absolute Gasteiger partial charge is 0.254 e. The van der Waals surface area contributed by atoms with Gasteiger partial charge in [0.2, 0.25) is 0 Å². The molecule has 2 amide bonds. The molecule has 5 aromatic rings. The number of amides is 2. The van der Waals surface area contributed by atoms with Crippen molar-refractivity contribution in [1.82, 2.24) is 24.7 Å². The van der Waals surface area contributed by atoms with Crippen LogP contribution >= 0.6 is 0 Å². The topological polar surface area (TPSA) is 82.8 Å². The molecule has 8 heteroatoms. The molecule has 2 fully saturated rings. The summed E-state index contributed by atoms with van der Waals surface area (Å²) in [5.74, 6) is 0.794. The Morgan fingerprint density at radius 2 is 1.18 bits per heavy atom. The summed E-state index contributed by atoms with van der Waals surface area (Å²) in [6.45, 7) is 4.48. The first kappa shape index (κ1) is 28.7. The average molecular weight is 598 g/mol. The number of carbonyl (C=O) groups excluding carboxylic acids is 2. The third-order valence-electron chi connectivity index (χ3n) is 8.93. The summed E-state index contributed by atoms with van der Waals surface area (Å²) in [5, 5.41) is 0. The van der Waals surface area contributed by atoms with Gasteiger partial charge in [0, 0.05) is 73.1 Å². The molecule has 2 aromatic heterocycles. The Bertz CT molecular complexity index is 1680. The van der Waals surface area contributed by atoms with Gasteiger partial charge in [-0.05, 0) is 37.1 Å². The van der Waals surface area contributed by atoms with E-state index in [1.54, 1.807) is 6.20 Å². The van der Waals surface area contributed by atoms with Crippen LogP contribution in [0.5, 0.6) is 0 Å². The zero-order chi connectivity index (χ0) is 30.6. The van der Waals surface area contributed by atoms with Gasteiger partial charge in [0.05, 0.1) is 17.6 Å². The fourth-order valence-corrected chi connectivity index (χ4v) is 6.39. The summed E-state index contributed by atoms with van der Waals surface area (Å²) >= 11 is 0. The average Bonchev–Trinajstić information content (AvgIpc) is 3.67. The van der Waals surface area contributed by atoms with Crippen LogP contribution in [0, 0.1) is 0 Å². The third kappa shape index (κ3) is 6.28. The molecule has 0 saturated carbocycles. The molecule has 4 heterocycles. The number of piperidine rings is 1. The third-order valence-corrected chi connectivity index (χ3v) is 8.93. The molecule has 7 rings (SSSR count).